The first kappa shape index (κ1) is 12.6. The molecule has 2 rings (SSSR count). The molecule has 1 aromatic carbocycles. The number of hydrogen-bond acceptors (Lipinski definition) is 5. The van der Waals surface area contributed by atoms with Crippen molar-refractivity contribution in [3.8, 4) is 0 Å². The predicted octanol–water partition coefficient (Wildman–Crippen LogP) is 2.59. The fraction of sp³-hybridized carbons (Fsp3) is 0.167. The van der Waals surface area contributed by atoms with Crippen molar-refractivity contribution in [2.45, 2.75) is 13.0 Å². The number of benzene rings is 1. The van der Waals surface area contributed by atoms with Crippen molar-refractivity contribution in [3.63, 3.8) is 0 Å². The Morgan fingerprint density at radius 1 is 1.22 bits per heavy atom. The molecule has 18 heavy (non-hydrogen) atoms. The van der Waals surface area contributed by atoms with Gasteiger partial charge in [-0.15, -0.1) is 0 Å². The van der Waals surface area contributed by atoms with Crippen LogP contribution in [0.15, 0.2) is 36.7 Å². The summed E-state index contributed by atoms with van der Waals surface area (Å²) in [7, 11) is 0. The average Bonchev–Trinajstić information content (AvgIpc) is 2.39. The maximum Gasteiger partial charge on any atom is 0.145 e. The van der Waals surface area contributed by atoms with Gasteiger partial charge >= 0.3 is 0 Å². The van der Waals surface area contributed by atoms with Gasteiger partial charge in [0.1, 0.15) is 18.0 Å². The Balaban J connectivity index is 2.13. The number of hydrogen-bond donors (Lipinski definition) is 3. The summed E-state index contributed by atoms with van der Waals surface area (Å²) in [6.45, 7) is 2.03. The van der Waals surface area contributed by atoms with Gasteiger partial charge in [0.15, 0.2) is 0 Å². The van der Waals surface area contributed by atoms with Gasteiger partial charge in [0.2, 0.25) is 0 Å². The van der Waals surface area contributed by atoms with Gasteiger partial charge in [-0.05, 0) is 24.6 Å². The second-order valence-corrected chi connectivity index (χ2v) is 4.29. The lowest BCUT2D eigenvalue weighted by molar-refractivity contribution is 0.872. The van der Waals surface area contributed by atoms with Crippen molar-refractivity contribution in [1.82, 2.24) is 9.97 Å². The molecule has 0 saturated heterocycles. The van der Waals surface area contributed by atoms with Crippen molar-refractivity contribution < 1.29 is 0 Å². The lowest BCUT2D eigenvalue weighted by atomic mass is 10.1. The fourth-order valence-electron chi connectivity index (χ4n) is 1.60. The van der Waals surface area contributed by atoms with Crippen LogP contribution in [0.1, 0.15) is 18.5 Å². The van der Waals surface area contributed by atoms with E-state index in [1.54, 1.807) is 6.07 Å². The zero-order chi connectivity index (χ0) is 13.0. The first-order valence-corrected chi connectivity index (χ1v) is 5.87. The second kappa shape index (κ2) is 5.66. The van der Waals surface area contributed by atoms with Crippen LogP contribution >= 0.6 is 11.6 Å². The molecule has 94 valence electrons. The van der Waals surface area contributed by atoms with E-state index < -0.39 is 0 Å². The SMILES string of the molecule is CC(Nc1cc(NN)ncn1)c1cccc(Cl)c1. The topological polar surface area (TPSA) is 75.9 Å². The summed E-state index contributed by atoms with van der Waals surface area (Å²) in [5.74, 6) is 6.56. The van der Waals surface area contributed by atoms with E-state index in [-0.39, 0.29) is 6.04 Å². The second-order valence-electron chi connectivity index (χ2n) is 3.85. The van der Waals surface area contributed by atoms with E-state index in [9.17, 15) is 0 Å². The molecule has 0 saturated carbocycles. The van der Waals surface area contributed by atoms with E-state index in [0.29, 0.717) is 16.7 Å². The van der Waals surface area contributed by atoms with E-state index in [0.717, 1.165) is 5.56 Å². The number of nitrogens with two attached hydrogens (primary N) is 1. The minimum Gasteiger partial charge on any atom is -0.363 e. The first-order valence-electron chi connectivity index (χ1n) is 5.49. The molecule has 6 heteroatoms. The van der Waals surface area contributed by atoms with Crippen molar-refractivity contribution in [3.05, 3.63) is 47.2 Å². The molecule has 1 aromatic heterocycles. The Kier molecular flexibility index (Phi) is 3.96. The fourth-order valence-corrected chi connectivity index (χ4v) is 1.79. The van der Waals surface area contributed by atoms with Gasteiger partial charge in [-0.1, -0.05) is 23.7 Å². The highest BCUT2D eigenvalue weighted by molar-refractivity contribution is 6.30. The number of anilines is 2. The molecule has 0 spiro atoms. The first-order chi connectivity index (χ1) is 8.69. The molecule has 1 atom stereocenters. The van der Waals surface area contributed by atoms with E-state index in [2.05, 4.69) is 20.7 Å². The smallest absolute Gasteiger partial charge is 0.145 e. The van der Waals surface area contributed by atoms with Crippen LogP contribution in [0.4, 0.5) is 11.6 Å². The molecule has 1 heterocycles. The van der Waals surface area contributed by atoms with Gasteiger partial charge < -0.3 is 10.7 Å². The summed E-state index contributed by atoms with van der Waals surface area (Å²) in [5, 5.41) is 3.97. The molecule has 0 aliphatic carbocycles. The van der Waals surface area contributed by atoms with E-state index in [1.165, 1.54) is 6.33 Å². The number of nitrogens with one attached hydrogen (secondary N) is 2. The van der Waals surface area contributed by atoms with Crippen molar-refractivity contribution in [1.29, 1.82) is 0 Å². The van der Waals surface area contributed by atoms with Gasteiger partial charge in [-0.25, -0.2) is 15.8 Å². The van der Waals surface area contributed by atoms with Gasteiger partial charge in [0, 0.05) is 17.1 Å². The zero-order valence-electron chi connectivity index (χ0n) is 9.89. The van der Waals surface area contributed by atoms with Crippen LogP contribution in [-0.4, -0.2) is 9.97 Å². The molecule has 0 aliphatic rings. The largest absolute Gasteiger partial charge is 0.363 e. The highest BCUT2D eigenvalue weighted by atomic mass is 35.5. The molecule has 0 radical (unpaired) electrons. The predicted molar refractivity (Wildman–Crippen MR) is 73.3 cm³/mol. The highest BCUT2D eigenvalue weighted by Gasteiger charge is 2.07. The molecule has 0 amide bonds. The molecule has 0 bridgehead atoms. The Labute approximate surface area is 110 Å². The summed E-state index contributed by atoms with van der Waals surface area (Å²) in [5.41, 5.74) is 3.56. The van der Waals surface area contributed by atoms with E-state index in [4.69, 9.17) is 17.4 Å². The van der Waals surface area contributed by atoms with Crippen LogP contribution < -0.4 is 16.6 Å². The standard InChI is InChI=1S/C12H14ClN5/c1-8(9-3-2-4-10(13)5-9)17-11-6-12(18-14)16-7-15-11/h2-8H,14H2,1H3,(H2,15,16,17,18). The number of halogens is 1. The average molecular weight is 264 g/mol. The third-order valence-corrected chi connectivity index (χ3v) is 2.76. The minimum absolute atomic E-state index is 0.0872. The van der Waals surface area contributed by atoms with Crippen molar-refractivity contribution in [2.24, 2.45) is 5.84 Å². The quantitative estimate of drug-likeness (QED) is 0.584. The summed E-state index contributed by atoms with van der Waals surface area (Å²) in [4.78, 5) is 8.07. The number of aromatic nitrogens is 2. The number of nitrogens with zero attached hydrogens (tertiary/aromatic N) is 2. The summed E-state index contributed by atoms with van der Waals surface area (Å²) in [6, 6.07) is 9.52. The van der Waals surface area contributed by atoms with Crippen molar-refractivity contribution >= 4 is 23.2 Å². The number of rotatable bonds is 4. The molecular formula is C12H14ClN5. The van der Waals surface area contributed by atoms with Crippen LogP contribution in [0.5, 0.6) is 0 Å². The Morgan fingerprint density at radius 3 is 2.72 bits per heavy atom. The minimum atomic E-state index is 0.0872. The van der Waals surface area contributed by atoms with Crippen LogP contribution in [0, 0.1) is 0 Å². The Morgan fingerprint density at radius 2 is 2.00 bits per heavy atom. The number of nitrogen functional groups attached to an aromatic ring is 1. The third-order valence-electron chi connectivity index (χ3n) is 2.53. The van der Waals surface area contributed by atoms with Gasteiger partial charge in [-0.2, -0.15) is 0 Å². The van der Waals surface area contributed by atoms with Crippen LogP contribution in [0.3, 0.4) is 0 Å². The molecule has 1 unspecified atom stereocenters. The molecule has 4 N–H and O–H groups in total. The van der Waals surface area contributed by atoms with Gasteiger partial charge in [0.05, 0.1) is 0 Å². The third kappa shape index (κ3) is 3.09. The van der Waals surface area contributed by atoms with Crippen molar-refractivity contribution in [2.75, 3.05) is 10.7 Å². The lowest BCUT2D eigenvalue weighted by Gasteiger charge is -2.15. The molecule has 2 aromatic rings. The van der Waals surface area contributed by atoms with Crippen LogP contribution in [0.2, 0.25) is 5.02 Å². The summed E-state index contributed by atoms with van der Waals surface area (Å²) < 4.78 is 0. The molecule has 0 fully saturated rings. The summed E-state index contributed by atoms with van der Waals surface area (Å²) in [6.07, 6.45) is 1.45. The number of hydrazine groups is 1. The van der Waals surface area contributed by atoms with Gasteiger partial charge in [-0.3, -0.25) is 0 Å². The molecular weight excluding hydrogens is 250 g/mol. The lowest BCUT2D eigenvalue weighted by Crippen LogP contribution is -2.11. The Bertz CT molecular complexity index is 531. The highest BCUT2D eigenvalue weighted by Crippen LogP contribution is 2.21. The van der Waals surface area contributed by atoms with Gasteiger partial charge in [0.25, 0.3) is 0 Å². The maximum atomic E-state index is 5.96. The molecule has 0 aliphatic heterocycles. The van der Waals surface area contributed by atoms with E-state index in [1.807, 2.05) is 31.2 Å². The summed E-state index contributed by atoms with van der Waals surface area (Å²) >= 11 is 5.96. The Hall–Kier alpha value is -1.85. The van der Waals surface area contributed by atoms with Crippen LogP contribution in [-0.2, 0) is 0 Å². The maximum absolute atomic E-state index is 5.96. The molecule has 5 nitrogen and oxygen atoms in total. The van der Waals surface area contributed by atoms with E-state index >= 15 is 0 Å². The zero-order valence-corrected chi connectivity index (χ0v) is 10.6. The van der Waals surface area contributed by atoms with Crippen LogP contribution in [0.25, 0.3) is 0 Å². The monoisotopic (exact) mass is 263 g/mol. The normalized spacial score (nSPS) is 11.9.